The first-order valence-corrected chi connectivity index (χ1v) is 5.86. The molecule has 1 aromatic carbocycles. The van der Waals surface area contributed by atoms with Gasteiger partial charge in [0.1, 0.15) is 5.75 Å². The molecule has 0 radical (unpaired) electrons. The molecule has 1 fully saturated rings. The molecule has 1 aromatic rings. The zero-order valence-corrected chi connectivity index (χ0v) is 9.69. The van der Waals surface area contributed by atoms with Crippen LogP contribution in [0.3, 0.4) is 0 Å². The number of hydrogen-bond acceptors (Lipinski definition) is 3. The minimum absolute atomic E-state index is 0.299. The van der Waals surface area contributed by atoms with Crippen molar-refractivity contribution in [1.29, 1.82) is 0 Å². The normalized spacial score (nSPS) is 17.8. The molecule has 1 aliphatic heterocycles. The number of aliphatic hydroxyl groups is 1. The van der Waals surface area contributed by atoms with Crippen LogP contribution >= 0.6 is 0 Å². The van der Waals surface area contributed by atoms with Crippen molar-refractivity contribution in [3.05, 3.63) is 23.8 Å². The van der Waals surface area contributed by atoms with E-state index in [1.807, 2.05) is 25.1 Å². The zero-order valence-electron chi connectivity index (χ0n) is 9.69. The van der Waals surface area contributed by atoms with Gasteiger partial charge >= 0.3 is 0 Å². The highest BCUT2D eigenvalue weighted by molar-refractivity contribution is 5.53. The second-order valence-electron chi connectivity index (χ2n) is 4.58. The van der Waals surface area contributed by atoms with E-state index < -0.39 is 0 Å². The molecule has 88 valence electrons. The van der Waals surface area contributed by atoms with Crippen molar-refractivity contribution in [3.63, 3.8) is 0 Å². The molecule has 3 heteroatoms. The second kappa shape index (κ2) is 4.74. The zero-order chi connectivity index (χ0) is 11.5. The van der Waals surface area contributed by atoms with Crippen molar-refractivity contribution < 1.29 is 10.2 Å². The lowest BCUT2D eigenvalue weighted by Crippen LogP contribution is -2.34. The van der Waals surface area contributed by atoms with E-state index in [4.69, 9.17) is 5.11 Å². The first-order valence-electron chi connectivity index (χ1n) is 5.86. The number of nitrogens with zero attached hydrogens (tertiary/aromatic N) is 1. The third-order valence-electron chi connectivity index (χ3n) is 3.43. The summed E-state index contributed by atoms with van der Waals surface area (Å²) in [6.45, 7) is 4.13. The summed E-state index contributed by atoms with van der Waals surface area (Å²) < 4.78 is 0. The molecule has 1 heterocycles. The van der Waals surface area contributed by atoms with Crippen molar-refractivity contribution >= 4 is 5.69 Å². The van der Waals surface area contributed by atoms with Gasteiger partial charge in [0.25, 0.3) is 0 Å². The van der Waals surface area contributed by atoms with Crippen molar-refractivity contribution in [3.8, 4) is 5.75 Å². The quantitative estimate of drug-likeness (QED) is 0.801. The Balaban J connectivity index is 2.05. The molecule has 0 spiro atoms. The highest BCUT2D eigenvalue weighted by atomic mass is 16.3. The first kappa shape index (κ1) is 11.3. The lowest BCUT2D eigenvalue weighted by molar-refractivity contribution is 0.203. The maximum absolute atomic E-state index is 9.66. The number of anilines is 1. The van der Waals surface area contributed by atoms with E-state index in [-0.39, 0.29) is 0 Å². The smallest absolute Gasteiger partial charge is 0.120 e. The highest BCUT2D eigenvalue weighted by Gasteiger charge is 2.18. The molecule has 0 amide bonds. The minimum Gasteiger partial charge on any atom is -0.508 e. The van der Waals surface area contributed by atoms with Crippen LogP contribution in [0, 0.1) is 12.8 Å². The van der Waals surface area contributed by atoms with Crippen LogP contribution < -0.4 is 4.90 Å². The molecule has 16 heavy (non-hydrogen) atoms. The van der Waals surface area contributed by atoms with Gasteiger partial charge in [-0.05, 0) is 37.3 Å². The predicted molar refractivity (Wildman–Crippen MR) is 64.9 cm³/mol. The predicted octanol–water partition coefficient (Wildman–Crippen LogP) is 1.91. The molecule has 0 atom stereocenters. The molecule has 2 rings (SSSR count). The molecule has 0 bridgehead atoms. The van der Waals surface area contributed by atoms with E-state index in [9.17, 15) is 5.11 Å². The lowest BCUT2D eigenvalue weighted by atomic mass is 9.97. The third kappa shape index (κ3) is 2.30. The maximum atomic E-state index is 9.66. The molecular weight excluding hydrogens is 202 g/mol. The average molecular weight is 221 g/mol. The fourth-order valence-electron chi connectivity index (χ4n) is 2.17. The molecule has 0 saturated carbocycles. The fourth-order valence-corrected chi connectivity index (χ4v) is 2.17. The van der Waals surface area contributed by atoms with Crippen molar-refractivity contribution in [2.45, 2.75) is 19.8 Å². The molecule has 3 nitrogen and oxygen atoms in total. The number of phenolic OH excluding ortho intramolecular Hbond substituents is 1. The number of benzene rings is 1. The summed E-state index contributed by atoms with van der Waals surface area (Å²) in [4.78, 5) is 2.27. The minimum atomic E-state index is 0.299. The van der Waals surface area contributed by atoms with Gasteiger partial charge in [-0.3, -0.25) is 0 Å². The molecule has 0 unspecified atom stereocenters. The van der Waals surface area contributed by atoms with Crippen LogP contribution in [-0.2, 0) is 0 Å². The Morgan fingerprint density at radius 1 is 1.31 bits per heavy atom. The van der Waals surface area contributed by atoms with E-state index in [1.54, 1.807) is 0 Å². The Morgan fingerprint density at radius 2 is 2.00 bits per heavy atom. The van der Waals surface area contributed by atoms with Crippen LogP contribution in [0.2, 0.25) is 0 Å². The van der Waals surface area contributed by atoms with E-state index >= 15 is 0 Å². The lowest BCUT2D eigenvalue weighted by Gasteiger charge is -2.33. The van der Waals surface area contributed by atoms with E-state index in [0.29, 0.717) is 18.3 Å². The summed E-state index contributed by atoms with van der Waals surface area (Å²) in [7, 11) is 0. The Labute approximate surface area is 96.3 Å². The molecule has 1 saturated heterocycles. The van der Waals surface area contributed by atoms with Gasteiger partial charge in [-0.15, -0.1) is 0 Å². The molecular formula is C13H19NO2. The van der Waals surface area contributed by atoms with Gasteiger partial charge in [0.05, 0.1) is 0 Å². The number of piperidine rings is 1. The van der Waals surface area contributed by atoms with E-state index in [0.717, 1.165) is 37.2 Å². The summed E-state index contributed by atoms with van der Waals surface area (Å²) in [5.41, 5.74) is 1.99. The first-order chi connectivity index (χ1) is 7.70. The summed E-state index contributed by atoms with van der Waals surface area (Å²) in [5, 5.41) is 18.7. The summed E-state index contributed by atoms with van der Waals surface area (Å²) in [6, 6.07) is 5.83. The molecule has 0 aromatic heterocycles. The van der Waals surface area contributed by atoms with Gasteiger partial charge in [-0.1, -0.05) is 6.07 Å². The number of phenols is 1. The number of aryl methyl sites for hydroxylation is 1. The summed E-state index contributed by atoms with van der Waals surface area (Å²) >= 11 is 0. The van der Waals surface area contributed by atoms with Gasteiger partial charge < -0.3 is 15.1 Å². The third-order valence-corrected chi connectivity index (χ3v) is 3.43. The SMILES string of the molecule is Cc1ccc(N2CCC(CO)CC2)cc1O. The standard InChI is InChI=1S/C13H19NO2/c1-10-2-3-12(8-13(10)16)14-6-4-11(9-15)5-7-14/h2-3,8,11,15-16H,4-7,9H2,1H3. The highest BCUT2D eigenvalue weighted by Crippen LogP contribution is 2.27. The van der Waals surface area contributed by atoms with Gasteiger partial charge in [-0.2, -0.15) is 0 Å². The fraction of sp³-hybridized carbons (Fsp3) is 0.538. The average Bonchev–Trinajstić information content (AvgIpc) is 2.33. The van der Waals surface area contributed by atoms with Gasteiger partial charge in [-0.25, -0.2) is 0 Å². The Morgan fingerprint density at radius 3 is 2.56 bits per heavy atom. The van der Waals surface area contributed by atoms with E-state index in [2.05, 4.69) is 4.90 Å². The Kier molecular flexibility index (Phi) is 3.34. The van der Waals surface area contributed by atoms with Crippen LogP contribution in [0.4, 0.5) is 5.69 Å². The molecule has 0 aliphatic carbocycles. The van der Waals surface area contributed by atoms with Crippen molar-refractivity contribution in [2.24, 2.45) is 5.92 Å². The monoisotopic (exact) mass is 221 g/mol. The Hall–Kier alpha value is -1.22. The number of rotatable bonds is 2. The largest absolute Gasteiger partial charge is 0.508 e. The number of hydrogen-bond donors (Lipinski definition) is 2. The van der Waals surface area contributed by atoms with E-state index in [1.165, 1.54) is 0 Å². The van der Waals surface area contributed by atoms with Crippen molar-refractivity contribution in [1.82, 2.24) is 0 Å². The second-order valence-corrected chi connectivity index (χ2v) is 4.58. The van der Waals surface area contributed by atoms with Crippen LogP contribution in [0.15, 0.2) is 18.2 Å². The van der Waals surface area contributed by atoms with Crippen LogP contribution in [-0.4, -0.2) is 29.9 Å². The summed E-state index contributed by atoms with van der Waals surface area (Å²) in [6.07, 6.45) is 2.07. The van der Waals surface area contributed by atoms with Crippen LogP contribution in [0.5, 0.6) is 5.75 Å². The topological polar surface area (TPSA) is 43.7 Å². The van der Waals surface area contributed by atoms with Crippen molar-refractivity contribution in [2.75, 3.05) is 24.6 Å². The van der Waals surface area contributed by atoms with Gasteiger partial charge in [0.2, 0.25) is 0 Å². The van der Waals surface area contributed by atoms with Gasteiger partial charge in [0.15, 0.2) is 0 Å². The molecule has 2 N–H and O–H groups in total. The van der Waals surface area contributed by atoms with Crippen LogP contribution in [0.1, 0.15) is 18.4 Å². The number of aromatic hydroxyl groups is 1. The summed E-state index contributed by atoms with van der Waals surface area (Å²) in [5.74, 6) is 0.817. The van der Waals surface area contributed by atoms with Gasteiger partial charge in [0, 0.05) is 31.5 Å². The number of aliphatic hydroxyl groups excluding tert-OH is 1. The van der Waals surface area contributed by atoms with Crippen LogP contribution in [0.25, 0.3) is 0 Å². The molecule has 1 aliphatic rings. The maximum Gasteiger partial charge on any atom is 0.120 e. The Bertz CT molecular complexity index is 357.